The van der Waals surface area contributed by atoms with E-state index >= 15 is 0 Å². The third-order valence-corrected chi connectivity index (χ3v) is 5.27. The van der Waals surface area contributed by atoms with Gasteiger partial charge in [0, 0.05) is 25.1 Å². The van der Waals surface area contributed by atoms with Crippen molar-refractivity contribution in [2.24, 2.45) is 5.92 Å². The molecule has 150 valence electrons. The number of carbonyl (C=O) groups excluding carboxylic acids is 1. The summed E-state index contributed by atoms with van der Waals surface area (Å²) in [5.74, 6) is 0.828. The zero-order chi connectivity index (χ0) is 20.2. The van der Waals surface area contributed by atoms with Gasteiger partial charge in [-0.25, -0.2) is 8.78 Å². The van der Waals surface area contributed by atoms with Crippen LogP contribution in [0.2, 0.25) is 0 Å². The molecule has 1 aliphatic rings. The van der Waals surface area contributed by atoms with E-state index < -0.39 is 0 Å². The number of piperidine rings is 1. The van der Waals surface area contributed by atoms with Gasteiger partial charge < -0.3 is 9.42 Å². The van der Waals surface area contributed by atoms with Crippen LogP contribution < -0.4 is 0 Å². The maximum absolute atomic E-state index is 13.0. The molecular formula is C22H21F2N3O2. The predicted octanol–water partition coefficient (Wildman–Crippen LogP) is 4.04. The van der Waals surface area contributed by atoms with Crippen LogP contribution in [0.15, 0.2) is 53.1 Å². The van der Waals surface area contributed by atoms with Gasteiger partial charge in [-0.1, -0.05) is 17.3 Å². The highest BCUT2D eigenvalue weighted by Gasteiger charge is 2.24. The third-order valence-electron chi connectivity index (χ3n) is 5.27. The zero-order valence-electron chi connectivity index (χ0n) is 15.9. The Kier molecular flexibility index (Phi) is 5.64. The van der Waals surface area contributed by atoms with Crippen molar-refractivity contribution < 1.29 is 18.1 Å². The molecule has 29 heavy (non-hydrogen) atoms. The molecule has 7 heteroatoms. The molecule has 1 amide bonds. The van der Waals surface area contributed by atoms with Crippen molar-refractivity contribution in [3.63, 3.8) is 0 Å². The van der Waals surface area contributed by atoms with E-state index in [-0.39, 0.29) is 24.0 Å². The van der Waals surface area contributed by atoms with Gasteiger partial charge >= 0.3 is 0 Å². The van der Waals surface area contributed by atoms with Gasteiger partial charge in [0.1, 0.15) is 11.6 Å². The Bertz CT molecular complexity index is 962. The highest BCUT2D eigenvalue weighted by atomic mass is 19.1. The highest BCUT2D eigenvalue weighted by Crippen LogP contribution is 2.23. The Labute approximate surface area is 167 Å². The Morgan fingerprint density at radius 1 is 1.00 bits per heavy atom. The summed E-state index contributed by atoms with van der Waals surface area (Å²) in [5, 5.41) is 3.98. The van der Waals surface area contributed by atoms with Gasteiger partial charge in [0.15, 0.2) is 0 Å². The van der Waals surface area contributed by atoms with E-state index in [4.69, 9.17) is 4.52 Å². The number of amides is 1. The Morgan fingerprint density at radius 3 is 2.28 bits per heavy atom. The smallest absolute Gasteiger partial charge is 0.227 e. The van der Waals surface area contributed by atoms with Crippen molar-refractivity contribution in [1.29, 1.82) is 0 Å². The van der Waals surface area contributed by atoms with E-state index in [1.807, 2.05) is 4.90 Å². The average Bonchev–Trinajstić information content (AvgIpc) is 3.19. The van der Waals surface area contributed by atoms with Gasteiger partial charge in [0.05, 0.1) is 6.42 Å². The molecule has 0 bridgehead atoms. The fraction of sp³-hybridized carbons (Fsp3) is 0.318. The maximum atomic E-state index is 13.0. The largest absolute Gasteiger partial charge is 0.342 e. The lowest BCUT2D eigenvalue weighted by Crippen LogP contribution is -2.39. The molecule has 3 aromatic rings. The molecule has 2 aromatic carbocycles. The molecule has 0 unspecified atom stereocenters. The minimum absolute atomic E-state index is 0.0615. The predicted molar refractivity (Wildman–Crippen MR) is 103 cm³/mol. The van der Waals surface area contributed by atoms with Crippen molar-refractivity contribution in [2.75, 3.05) is 13.1 Å². The number of carbonyl (C=O) groups is 1. The summed E-state index contributed by atoms with van der Waals surface area (Å²) in [6.07, 6.45) is 2.68. The molecule has 0 N–H and O–H groups in total. The monoisotopic (exact) mass is 397 g/mol. The maximum Gasteiger partial charge on any atom is 0.227 e. The summed E-state index contributed by atoms with van der Waals surface area (Å²) in [5.41, 5.74) is 1.53. The van der Waals surface area contributed by atoms with Crippen LogP contribution in [0, 0.1) is 17.6 Å². The minimum atomic E-state index is -0.307. The Balaban J connectivity index is 1.28. The second kappa shape index (κ2) is 8.51. The first-order valence-corrected chi connectivity index (χ1v) is 9.67. The van der Waals surface area contributed by atoms with E-state index in [0.717, 1.165) is 18.4 Å². The lowest BCUT2D eigenvalue weighted by molar-refractivity contribution is -0.131. The third kappa shape index (κ3) is 4.85. The molecule has 0 spiro atoms. The molecule has 0 atom stereocenters. The average molecular weight is 397 g/mol. The first kappa shape index (κ1) is 19.2. The van der Waals surface area contributed by atoms with Crippen LogP contribution in [-0.4, -0.2) is 34.0 Å². The second-order valence-electron chi connectivity index (χ2n) is 7.35. The number of benzene rings is 2. The standard InChI is InChI=1S/C22H21F2N3O2/c23-18-5-1-15(2-6-18)14-21(28)27-11-9-16(10-12-27)13-20-25-22(26-29-20)17-3-7-19(24)8-4-17/h1-8,16H,9-14H2. The molecule has 5 nitrogen and oxygen atoms in total. The van der Waals surface area contributed by atoms with Gasteiger partial charge in [0.25, 0.3) is 0 Å². The van der Waals surface area contributed by atoms with Crippen LogP contribution >= 0.6 is 0 Å². The van der Waals surface area contributed by atoms with Crippen molar-refractivity contribution in [3.05, 3.63) is 71.6 Å². The number of halogens is 2. The molecule has 1 saturated heterocycles. The SMILES string of the molecule is O=C(Cc1ccc(F)cc1)N1CCC(Cc2nc(-c3ccc(F)cc3)no2)CC1. The second-order valence-corrected chi connectivity index (χ2v) is 7.35. The van der Waals surface area contributed by atoms with Crippen LogP contribution in [0.4, 0.5) is 8.78 Å². The molecular weight excluding hydrogens is 376 g/mol. The van der Waals surface area contributed by atoms with Crippen molar-refractivity contribution >= 4 is 5.91 Å². The van der Waals surface area contributed by atoms with Crippen molar-refractivity contribution in [2.45, 2.75) is 25.7 Å². The van der Waals surface area contributed by atoms with E-state index in [9.17, 15) is 13.6 Å². The summed E-state index contributed by atoms with van der Waals surface area (Å²) in [6.45, 7) is 1.37. The van der Waals surface area contributed by atoms with Crippen LogP contribution in [0.3, 0.4) is 0 Å². The molecule has 1 fully saturated rings. The summed E-state index contributed by atoms with van der Waals surface area (Å²) < 4.78 is 31.4. The van der Waals surface area contributed by atoms with Crippen LogP contribution in [0.1, 0.15) is 24.3 Å². The first-order chi connectivity index (χ1) is 14.1. The molecule has 2 heterocycles. The van der Waals surface area contributed by atoms with E-state index in [1.165, 1.54) is 24.3 Å². The summed E-state index contributed by atoms with van der Waals surface area (Å²) in [7, 11) is 0. The van der Waals surface area contributed by atoms with Gasteiger partial charge in [-0.15, -0.1) is 0 Å². The number of likely N-dealkylation sites (tertiary alicyclic amines) is 1. The quantitative estimate of drug-likeness (QED) is 0.652. The van der Waals surface area contributed by atoms with E-state index in [0.29, 0.717) is 42.7 Å². The fourth-order valence-electron chi connectivity index (χ4n) is 3.58. The van der Waals surface area contributed by atoms with Gasteiger partial charge in [-0.2, -0.15) is 4.98 Å². The number of hydrogen-bond donors (Lipinski definition) is 0. The molecule has 1 aromatic heterocycles. The van der Waals surface area contributed by atoms with E-state index in [2.05, 4.69) is 10.1 Å². The fourth-order valence-corrected chi connectivity index (χ4v) is 3.58. The van der Waals surface area contributed by atoms with Gasteiger partial charge in [0.2, 0.25) is 17.6 Å². The molecule has 0 radical (unpaired) electrons. The lowest BCUT2D eigenvalue weighted by atomic mass is 9.93. The zero-order valence-corrected chi connectivity index (χ0v) is 15.9. The number of rotatable bonds is 5. The van der Waals surface area contributed by atoms with Crippen LogP contribution in [-0.2, 0) is 17.6 Å². The minimum Gasteiger partial charge on any atom is -0.342 e. The highest BCUT2D eigenvalue weighted by molar-refractivity contribution is 5.78. The van der Waals surface area contributed by atoms with Gasteiger partial charge in [-0.05, 0) is 60.7 Å². The topological polar surface area (TPSA) is 59.2 Å². The number of hydrogen-bond acceptors (Lipinski definition) is 4. The lowest BCUT2D eigenvalue weighted by Gasteiger charge is -2.31. The molecule has 1 aliphatic heterocycles. The molecule has 4 rings (SSSR count). The Morgan fingerprint density at radius 2 is 1.62 bits per heavy atom. The van der Waals surface area contributed by atoms with Crippen LogP contribution in [0.25, 0.3) is 11.4 Å². The first-order valence-electron chi connectivity index (χ1n) is 9.67. The Hall–Kier alpha value is -3.09. The molecule has 0 aliphatic carbocycles. The number of aromatic nitrogens is 2. The molecule has 0 saturated carbocycles. The van der Waals surface area contributed by atoms with Gasteiger partial charge in [-0.3, -0.25) is 4.79 Å². The normalized spacial score (nSPS) is 14.9. The summed E-state index contributed by atoms with van der Waals surface area (Å²) in [4.78, 5) is 18.7. The van der Waals surface area contributed by atoms with Crippen molar-refractivity contribution in [3.8, 4) is 11.4 Å². The van der Waals surface area contributed by atoms with E-state index in [1.54, 1.807) is 24.3 Å². The summed E-state index contributed by atoms with van der Waals surface area (Å²) in [6, 6.07) is 12.0. The van der Waals surface area contributed by atoms with Crippen LogP contribution in [0.5, 0.6) is 0 Å². The van der Waals surface area contributed by atoms with Crippen molar-refractivity contribution in [1.82, 2.24) is 15.0 Å². The number of nitrogens with zero attached hydrogens (tertiary/aromatic N) is 3. The summed E-state index contributed by atoms with van der Waals surface area (Å²) >= 11 is 0.